The van der Waals surface area contributed by atoms with Crippen LogP contribution >= 0.6 is 0 Å². The van der Waals surface area contributed by atoms with Crippen molar-refractivity contribution in [3.63, 3.8) is 0 Å². The third kappa shape index (κ3) is 3.80. The minimum absolute atomic E-state index is 1.16. The summed E-state index contributed by atoms with van der Waals surface area (Å²) in [7, 11) is 2.27. The first kappa shape index (κ1) is 18.3. The lowest BCUT2D eigenvalue weighted by atomic mass is 9.91. The Labute approximate surface area is 163 Å². The summed E-state index contributed by atoms with van der Waals surface area (Å²) in [5, 5.41) is 8.41. The standard InChI is InChI=1S/C26H31N/c1-3-4-5-6-18-27(2)19-8-11-20-12-13-23-15-14-21-9-7-10-22-16-17-24(20)26(23)25(21)22/h7,9-10,12-17H,3-6,8,11,18-19H2,1-2H3. The van der Waals surface area contributed by atoms with E-state index in [0.717, 1.165) is 6.42 Å². The number of rotatable bonds is 9. The molecule has 0 saturated heterocycles. The van der Waals surface area contributed by atoms with E-state index in [1.165, 1.54) is 83.1 Å². The smallest absolute Gasteiger partial charge is 0.00186 e. The van der Waals surface area contributed by atoms with Crippen LogP contribution in [-0.2, 0) is 6.42 Å². The van der Waals surface area contributed by atoms with E-state index in [0.29, 0.717) is 0 Å². The maximum absolute atomic E-state index is 2.51. The highest BCUT2D eigenvalue weighted by Crippen LogP contribution is 2.36. The summed E-state index contributed by atoms with van der Waals surface area (Å²) >= 11 is 0. The zero-order valence-electron chi connectivity index (χ0n) is 16.8. The summed E-state index contributed by atoms with van der Waals surface area (Å²) in [5.41, 5.74) is 1.50. The van der Waals surface area contributed by atoms with Crippen molar-refractivity contribution in [1.29, 1.82) is 0 Å². The minimum atomic E-state index is 1.16. The van der Waals surface area contributed by atoms with Gasteiger partial charge in [0.05, 0.1) is 0 Å². The second-order valence-electron chi connectivity index (χ2n) is 8.05. The number of unbranched alkanes of at least 4 members (excludes halogenated alkanes) is 3. The summed E-state index contributed by atoms with van der Waals surface area (Å²) in [4.78, 5) is 2.51. The highest BCUT2D eigenvalue weighted by atomic mass is 15.1. The van der Waals surface area contributed by atoms with Crippen LogP contribution in [0, 0.1) is 0 Å². The predicted molar refractivity (Wildman–Crippen MR) is 120 cm³/mol. The van der Waals surface area contributed by atoms with E-state index in [1.54, 1.807) is 0 Å². The number of hydrogen-bond acceptors (Lipinski definition) is 1. The molecule has 140 valence electrons. The van der Waals surface area contributed by atoms with Crippen LogP contribution in [0.1, 0.15) is 44.6 Å². The normalized spacial score (nSPS) is 12.1. The lowest BCUT2D eigenvalue weighted by Crippen LogP contribution is -2.21. The Morgan fingerprint density at radius 2 is 1.33 bits per heavy atom. The molecule has 4 rings (SSSR count). The molecule has 0 bridgehead atoms. The largest absolute Gasteiger partial charge is 0.306 e. The molecule has 0 atom stereocenters. The zero-order valence-corrected chi connectivity index (χ0v) is 16.8. The maximum atomic E-state index is 2.51. The van der Waals surface area contributed by atoms with Gasteiger partial charge in [0.2, 0.25) is 0 Å². The molecule has 0 N–H and O–H groups in total. The molecule has 0 spiro atoms. The van der Waals surface area contributed by atoms with Crippen LogP contribution in [0.3, 0.4) is 0 Å². The van der Waals surface area contributed by atoms with Crippen LogP contribution in [0.15, 0.2) is 54.6 Å². The van der Waals surface area contributed by atoms with Gasteiger partial charge in [-0.1, -0.05) is 80.8 Å². The van der Waals surface area contributed by atoms with Crippen LogP contribution in [0.4, 0.5) is 0 Å². The Hall–Kier alpha value is -2.12. The third-order valence-electron chi connectivity index (χ3n) is 6.00. The first-order valence-electron chi connectivity index (χ1n) is 10.6. The fourth-order valence-electron chi connectivity index (χ4n) is 4.47. The van der Waals surface area contributed by atoms with E-state index in [4.69, 9.17) is 0 Å². The molecule has 0 unspecified atom stereocenters. The van der Waals surface area contributed by atoms with Crippen molar-refractivity contribution in [3.05, 3.63) is 60.2 Å². The second-order valence-corrected chi connectivity index (χ2v) is 8.05. The van der Waals surface area contributed by atoms with Crippen LogP contribution < -0.4 is 0 Å². The van der Waals surface area contributed by atoms with Gasteiger partial charge < -0.3 is 4.90 Å². The van der Waals surface area contributed by atoms with Gasteiger partial charge in [-0.15, -0.1) is 0 Å². The van der Waals surface area contributed by atoms with Crippen molar-refractivity contribution < 1.29 is 0 Å². The molecule has 0 aliphatic heterocycles. The summed E-state index contributed by atoms with van der Waals surface area (Å²) in [6.45, 7) is 4.70. The average molecular weight is 358 g/mol. The SMILES string of the molecule is CCCCCCN(C)CCCc1ccc2ccc3cccc4ccc1c2c34. The molecule has 4 aromatic rings. The molecule has 0 aromatic heterocycles. The molecular weight excluding hydrogens is 326 g/mol. The Kier molecular flexibility index (Phi) is 5.59. The van der Waals surface area contributed by atoms with E-state index in [9.17, 15) is 0 Å². The first-order valence-corrected chi connectivity index (χ1v) is 10.6. The summed E-state index contributed by atoms with van der Waals surface area (Å²) in [5.74, 6) is 0. The predicted octanol–water partition coefficient (Wildman–Crippen LogP) is 7.03. The molecule has 0 fully saturated rings. The van der Waals surface area contributed by atoms with Crippen molar-refractivity contribution in [1.82, 2.24) is 4.90 Å². The van der Waals surface area contributed by atoms with Crippen LogP contribution in [0.5, 0.6) is 0 Å². The number of aryl methyl sites for hydroxylation is 1. The van der Waals surface area contributed by atoms with Gasteiger partial charge in [0, 0.05) is 0 Å². The van der Waals surface area contributed by atoms with Crippen LogP contribution in [-0.4, -0.2) is 25.0 Å². The summed E-state index contributed by atoms with van der Waals surface area (Å²) < 4.78 is 0. The monoisotopic (exact) mass is 357 g/mol. The fourth-order valence-corrected chi connectivity index (χ4v) is 4.47. The highest BCUT2D eigenvalue weighted by Gasteiger charge is 2.10. The van der Waals surface area contributed by atoms with Gasteiger partial charge in [-0.25, -0.2) is 0 Å². The summed E-state index contributed by atoms with van der Waals surface area (Å²) in [6.07, 6.45) is 7.79. The molecule has 4 aromatic carbocycles. The Balaban J connectivity index is 1.51. The molecular formula is C26H31N. The number of nitrogens with zero attached hydrogens (tertiary/aromatic N) is 1. The van der Waals surface area contributed by atoms with Crippen LogP contribution in [0.25, 0.3) is 32.3 Å². The van der Waals surface area contributed by atoms with Gasteiger partial charge in [0.25, 0.3) is 0 Å². The maximum Gasteiger partial charge on any atom is -0.00186 e. The van der Waals surface area contributed by atoms with Crippen molar-refractivity contribution in [3.8, 4) is 0 Å². The molecule has 0 amide bonds. The molecule has 0 heterocycles. The Morgan fingerprint density at radius 3 is 2.11 bits per heavy atom. The van der Waals surface area contributed by atoms with Crippen molar-refractivity contribution in [2.45, 2.75) is 45.4 Å². The van der Waals surface area contributed by atoms with E-state index in [2.05, 4.69) is 73.5 Å². The molecule has 1 heteroatoms. The quantitative estimate of drug-likeness (QED) is 0.229. The van der Waals surface area contributed by atoms with E-state index in [-0.39, 0.29) is 0 Å². The molecule has 0 saturated carbocycles. The van der Waals surface area contributed by atoms with Gasteiger partial charge in [0.15, 0.2) is 0 Å². The highest BCUT2D eigenvalue weighted by molar-refractivity contribution is 6.23. The van der Waals surface area contributed by atoms with E-state index in [1.807, 2.05) is 0 Å². The molecule has 27 heavy (non-hydrogen) atoms. The first-order chi connectivity index (χ1) is 13.3. The molecule has 0 aliphatic carbocycles. The van der Waals surface area contributed by atoms with Gasteiger partial charge in [-0.05, 0) is 77.3 Å². The van der Waals surface area contributed by atoms with Crippen LogP contribution in [0.2, 0.25) is 0 Å². The van der Waals surface area contributed by atoms with Gasteiger partial charge >= 0.3 is 0 Å². The molecule has 0 aliphatic rings. The second kappa shape index (κ2) is 8.27. The third-order valence-corrected chi connectivity index (χ3v) is 6.00. The topological polar surface area (TPSA) is 3.24 Å². The minimum Gasteiger partial charge on any atom is -0.306 e. The fraction of sp³-hybridized carbons (Fsp3) is 0.385. The zero-order chi connectivity index (χ0) is 18.6. The molecule has 1 nitrogen and oxygen atoms in total. The van der Waals surface area contributed by atoms with Crippen molar-refractivity contribution >= 4 is 32.3 Å². The van der Waals surface area contributed by atoms with Gasteiger partial charge in [-0.3, -0.25) is 0 Å². The van der Waals surface area contributed by atoms with Crippen molar-refractivity contribution in [2.75, 3.05) is 20.1 Å². The number of benzene rings is 4. The van der Waals surface area contributed by atoms with Gasteiger partial charge in [0.1, 0.15) is 0 Å². The average Bonchev–Trinajstić information content (AvgIpc) is 2.70. The Bertz CT molecular complexity index is 1000. The van der Waals surface area contributed by atoms with E-state index >= 15 is 0 Å². The summed E-state index contributed by atoms with van der Waals surface area (Å²) in [6, 6.07) is 20.5. The lowest BCUT2D eigenvalue weighted by molar-refractivity contribution is 0.320. The van der Waals surface area contributed by atoms with Crippen molar-refractivity contribution in [2.24, 2.45) is 0 Å². The Morgan fingerprint density at radius 1 is 0.667 bits per heavy atom. The number of hydrogen-bond donors (Lipinski definition) is 0. The van der Waals surface area contributed by atoms with Gasteiger partial charge in [-0.2, -0.15) is 0 Å². The lowest BCUT2D eigenvalue weighted by Gasteiger charge is -2.17. The molecule has 0 radical (unpaired) electrons. The van der Waals surface area contributed by atoms with E-state index < -0.39 is 0 Å².